The summed E-state index contributed by atoms with van der Waals surface area (Å²) in [6, 6.07) is 4.03. The first-order chi connectivity index (χ1) is 7.56. The molecule has 1 aromatic carbocycles. The van der Waals surface area contributed by atoms with E-state index >= 15 is 0 Å². The van der Waals surface area contributed by atoms with Crippen LogP contribution in [0, 0.1) is 20.8 Å². The zero-order valence-electron chi connectivity index (χ0n) is 10.3. The summed E-state index contributed by atoms with van der Waals surface area (Å²) in [4.78, 5) is 11.2. The number of carbonyl (C=O) groups is 1. The Kier molecular flexibility index (Phi) is 4.35. The molecule has 0 fully saturated rings. The number of esters is 1. The molecule has 0 amide bonds. The van der Waals surface area contributed by atoms with E-state index < -0.39 is 0 Å². The lowest BCUT2D eigenvalue weighted by molar-refractivity contribution is -0.145. The van der Waals surface area contributed by atoms with Gasteiger partial charge >= 0.3 is 5.97 Å². The van der Waals surface area contributed by atoms with E-state index in [1.165, 1.54) is 0 Å². The molecule has 88 valence electrons. The lowest BCUT2D eigenvalue weighted by Crippen LogP contribution is -2.15. The highest BCUT2D eigenvalue weighted by Crippen LogP contribution is 2.25. The molecular weight excluding hydrogens is 204 g/mol. The van der Waals surface area contributed by atoms with E-state index in [0.717, 1.165) is 22.4 Å². The first-order valence-electron chi connectivity index (χ1n) is 5.41. The Balaban J connectivity index is 2.74. The second kappa shape index (κ2) is 5.54. The van der Waals surface area contributed by atoms with Crippen LogP contribution in [-0.2, 0) is 9.53 Å². The van der Waals surface area contributed by atoms with Gasteiger partial charge < -0.3 is 9.47 Å². The fourth-order valence-electron chi connectivity index (χ4n) is 1.48. The Morgan fingerprint density at radius 2 is 1.81 bits per heavy atom. The topological polar surface area (TPSA) is 35.5 Å². The largest absolute Gasteiger partial charge is 0.481 e. The summed E-state index contributed by atoms with van der Waals surface area (Å²) >= 11 is 0. The number of ether oxygens (including phenoxy) is 2. The standard InChI is InChI=1S/C13H18O3/c1-5-15-12(14)8-16-13-10(3)7-6-9(2)11(13)4/h6-7H,5,8H2,1-4H3. The van der Waals surface area contributed by atoms with Gasteiger partial charge in [-0.15, -0.1) is 0 Å². The van der Waals surface area contributed by atoms with Crippen LogP contribution in [0.25, 0.3) is 0 Å². The Labute approximate surface area is 96.4 Å². The summed E-state index contributed by atoms with van der Waals surface area (Å²) in [5.41, 5.74) is 3.26. The van der Waals surface area contributed by atoms with Crippen molar-refractivity contribution in [2.75, 3.05) is 13.2 Å². The molecule has 0 atom stereocenters. The van der Waals surface area contributed by atoms with Crippen LogP contribution < -0.4 is 4.74 Å². The van der Waals surface area contributed by atoms with Gasteiger partial charge in [0.15, 0.2) is 6.61 Å². The molecule has 1 rings (SSSR count). The molecule has 16 heavy (non-hydrogen) atoms. The minimum absolute atomic E-state index is 0.0288. The molecule has 0 bridgehead atoms. The number of aryl methyl sites for hydroxylation is 2. The highest BCUT2D eigenvalue weighted by Gasteiger charge is 2.09. The van der Waals surface area contributed by atoms with Gasteiger partial charge in [0.1, 0.15) is 5.75 Å². The van der Waals surface area contributed by atoms with Crippen LogP contribution in [0.5, 0.6) is 5.75 Å². The highest BCUT2D eigenvalue weighted by atomic mass is 16.6. The van der Waals surface area contributed by atoms with Gasteiger partial charge in [-0.1, -0.05) is 12.1 Å². The molecule has 3 heteroatoms. The van der Waals surface area contributed by atoms with Gasteiger partial charge in [-0.25, -0.2) is 4.79 Å². The molecule has 0 N–H and O–H groups in total. The van der Waals surface area contributed by atoms with Crippen molar-refractivity contribution in [3.63, 3.8) is 0 Å². The van der Waals surface area contributed by atoms with Crippen molar-refractivity contribution < 1.29 is 14.3 Å². The van der Waals surface area contributed by atoms with E-state index in [-0.39, 0.29) is 12.6 Å². The van der Waals surface area contributed by atoms with Crippen molar-refractivity contribution in [3.8, 4) is 5.75 Å². The summed E-state index contributed by atoms with van der Waals surface area (Å²) in [7, 11) is 0. The van der Waals surface area contributed by atoms with Gasteiger partial charge in [-0.05, 0) is 44.4 Å². The maximum atomic E-state index is 11.2. The predicted molar refractivity (Wildman–Crippen MR) is 62.8 cm³/mol. The van der Waals surface area contributed by atoms with Gasteiger partial charge in [0.05, 0.1) is 6.61 Å². The molecule has 0 unspecified atom stereocenters. The van der Waals surface area contributed by atoms with Crippen molar-refractivity contribution in [1.82, 2.24) is 0 Å². The molecule has 0 saturated heterocycles. The average molecular weight is 222 g/mol. The molecule has 0 radical (unpaired) electrons. The summed E-state index contributed by atoms with van der Waals surface area (Å²) in [6.45, 7) is 8.11. The van der Waals surface area contributed by atoms with E-state index in [9.17, 15) is 4.79 Å². The molecule has 0 spiro atoms. The Bertz CT molecular complexity index is 383. The minimum Gasteiger partial charge on any atom is -0.481 e. The molecule has 0 aliphatic carbocycles. The molecule has 1 aromatic rings. The van der Waals surface area contributed by atoms with Crippen LogP contribution in [0.4, 0.5) is 0 Å². The number of carbonyl (C=O) groups excluding carboxylic acids is 1. The molecule has 0 aliphatic rings. The third kappa shape index (κ3) is 2.99. The van der Waals surface area contributed by atoms with Crippen molar-refractivity contribution in [2.45, 2.75) is 27.7 Å². The third-order valence-electron chi connectivity index (χ3n) is 2.51. The van der Waals surface area contributed by atoms with Crippen LogP contribution in [-0.4, -0.2) is 19.2 Å². The molecule has 0 heterocycles. The van der Waals surface area contributed by atoms with Crippen molar-refractivity contribution in [2.24, 2.45) is 0 Å². The second-order valence-corrected chi connectivity index (χ2v) is 3.75. The maximum absolute atomic E-state index is 11.2. The Hall–Kier alpha value is -1.51. The van der Waals surface area contributed by atoms with Gasteiger partial charge in [0, 0.05) is 0 Å². The first kappa shape index (κ1) is 12.6. The van der Waals surface area contributed by atoms with Gasteiger partial charge in [0.25, 0.3) is 0 Å². The molecule has 3 nitrogen and oxygen atoms in total. The fraction of sp³-hybridized carbons (Fsp3) is 0.462. The van der Waals surface area contributed by atoms with Crippen LogP contribution >= 0.6 is 0 Å². The zero-order valence-corrected chi connectivity index (χ0v) is 10.3. The third-order valence-corrected chi connectivity index (χ3v) is 2.51. The summed E-state index contributed by atoms with van der Waals surface area (Å²) in [5, 5.41) is 0. The SMILES string of the molecule is CCOC(=O)COc1c(C)ccc(C)c1C. The van der Waals surface area contributed by atoms with Crippen molar-refractivity contribution in [1.29, 1.82) is 0 Å². The van der Waals surface area contributed by atoms with E-state index in [1.54, 1.807) is 6.92 Å². The lowest BCUT2D eigenvalue weighted by Gasteiger charge is -2.13. The number of benzene rings is 1. The van der Waals surface area contributed by atoms with Gasteiger partial charge in [-0.2, -0.15) is 0 Å². The number of rotatable bonds is 4. The second-order valence-electron chi connectivity index (χ2n) is 3.75. The first-order valence-corrected chi connectivity index (χ1v) is 5.41. The highest BCUT2D eigenvalue weighted by molar-refractivity contribution is 5.71. The average Bonchev–Trinajstić information content (AvgIpc) is 2.24. The van der Waals surface area contributed by atoms with Crippen LogP contribution in [0.15, 0.2) is 12.1 Å². The number of hydrogen-bond acceptors (Lipinski definition) is 3. The van der Waals surface area contributed by atoms with E-state index in [2.05, 4.69) is 0 Å². The van der Waals surface area contributed by atoms with Gasteiger partial charge in [0.2, 0.25) is 0 Å². The van der Waals surface area contributed by atoms with Gasteiger partial charge in [-0.3, -0.25) is 0 Å². The molecule has 0 aromatic heterocycles. The normalized spacial score (nSPS) is 10.0. The van der Waals surface area contributed by atoms with Crippen LogP contribution in [0.1, 0.15) is 23.6 Å². The van der Waals surface area contributed by atoms with Crippen molar-refractivity contribution >= 4 is 5.97 Å². The zero-order chi connectivity index (χ0) is 12.1. The number of hydrogen-bond donors (Lipinski definition) is 0. The Morgan fingerprint density at radius 3 is 2.44 bits per heavy atom. The van der Waals surface area contributed by atoms with Crippen molar-refractivity contribution in [3.05, 3.63) is 28.8 Å². The van der Waals surface area contributed by atoms with Crippen LogP contribution in [0.3, 0.4) is 0 Å². The molecular formula is C13H18O3. The minimum atomic E-state index is -0.331. The summed E-state index contributed by atoms with van der Waals surface area (Å²) in [5.74, 6) is 0.454. The smallest absolute Gasteiger partial charge is 0.344 e. The monoisotopic (exact) mass is 222 g/mol. The fourth-order valence-corrected chi connectivity index (χ4v) is 1.48. The van der Waals surface area contributed by atoms with Crippen LogP contribution in [0.2, 0.25) is 0 Å². The van der Waals surface area contributed by atoms with E-state index in [0.29, 0.717) is 6.61 Å². The molecule has 0 saturated carbocycles. The predicted octanol–water partition coefficient (Wildman–Crippen LogP) is 2.55. The van der Waals surface area contributed by atoms with E-state index in [4.69, 9.17) is 9.47 Å². The lowest BCUT2D eigenvalue weighted by atomic mass is 10.1. The maximum Gasteiger partial charge on any atom is 0.344 e. The van der Waals surface area contributed by atoms with E-state index in [1.807, 2.05) is 32.9 Å². The molecule has 0 aliphatic heterocycles. The summed E-state index contributed by atoms with van der Waals surface area (Å²) < 4.78 is 10.3. The summed E-state index contributed by atoms with van der Waals surface area (Å²) in [6.07, 6.45) is 0. The Morgan fingerprint density at radius 1 is 1.19 bits per heavy atom. The quantitative estimate of drug-likeness (QED) is 0.734.